The monoisotopic (exact) mass is 224 g/mol. The van der Waals surface area contributed by atoms with E-state index in [4.69, 9.17) is 5.11 Å². The van der Waals surface area contributed by atoms with Gasteiger partial charge in [-0.15, -0.1) is 11.8 Å². The van der Waals surface area contributed by atoms with Gasteiger partial charge in [-0.1, -0.05) is 32.9 Å². The molecule has 0 aromatic heterocycles. The Labute approximate surface area is 96.9 Å². The van der Waals surface area contributed by atoms with Gasteiger partial charge in [0.25, 0.3) is 0 Å². The fourth-order valence-electron chi connectivity index (χ4n) is 1.37. The van der Waals surface area contributed by atoms with Crippen LogP contribution < -0.4 is 0 Å². The maximum absolute atomic E-state index is 9.11. The molecule has 1 N–H and O–H groups in total. The van der Waals surface area contributed by atoms with E-state index in [1.54, 1.807) is 11.8 Å². The van der Waals surface area contributed by atoms with Crippen LogP contribution in [0.25, 0.3) is 0 Å². The summed E-state index contributed by atoms with van der Waals surface area (Å²) in [7, 11) is 0. The Morgan fingerprint density at radius 1 is 1.20 bits per heavy atom. The minimum Gasteiger partial charge on any atom is -0.395 e. The molecule has 0 aliphatic heterocycles. The smallest absolute Gasteiger partial charge is 0.0553 e. The standard InChI is InChI=1S/C13H20OS/c1-4-12(9-14)15-13-7-5-11(6-8-13)10(2)3/h5-8,10,12,14H,4,9H2,1-3H3. The second-order valence-electron chi connectivity index (χ2n) is 4.05. The van der Waals surface area contributed by atoms with E-state index in [-0.39, 0.29) is 6.61 Å². The average molecular weight is 224 g/mol. The number of hydrogen-bond acceptors (Lipinski definition) is 2. The first-order valence-corrected chi connectivity index (χ1v) is 6.42. The molecule has 1 aromatic carbocycles. The Balaban J connectivity index is 2.63. The van der Waals surface area contributed by atoms with Crippen LogP contribution in [0.1, 0.15) is 38.7 Å². The largest absolute Gasteiger partial charge is 0.395 e. The van der Waals surface area contributed by atoms with Crippen LogP contribution in [0.4, 0.5) is 0 Å². The highest BCUT2D eigenvalue weighted by atomic mass is 32.2. The van der Waals surface area contributed by atoms with Crippen LogP contribution in [0.15, 0.2) is 29.2 Å². The number of thioether (sulfide) groups is 1. The first kappa shape index (κ1) is 12.6. The molecule has 2 heteroatoms. The topological polar surface area (TPSA) is 20.2 Å². The van der Waals surface area contributed by atoms with Gasteiger partial charge < -0.3 is 5.11 Å². The molecule has 15 heavy (non-hydrogen) atoms. The molecular weight excluding hydrogens is 204 g/mol. The summed E-state index contributed by atoms with van der Waals surface area (Å²) in [5.41, 5.74) is 1.37. The molecular formula is C13H20OS. The van der Waals surface area contributed by atoms with Gasteiger partial charge in [-0.25, -0.2) is 0 Å². The predicted molar refractivity (Wildman–Crippen MR) is 67.6 cm³/mol. The highest BCUT2D eigenvalue weighted by Crippen LogP contribution is 2.26. The second-order valence-corrected chi connectivity index (χ2v) is 5.43. The molecule has 0 aliphatic carbocycles. The number of aliphatic hydroxyl groups is 1. The lowest BCUT2D eigenvalue weighted by molar-refractivity contribution is 0.292. The summed E-state index contributed by atoms with van der Waals surface area (Å²) < 4.78 is 0. The third kappa shape index (κ3) is 3.88. The fraction of sp³-hybridized carbons (Fsp3) is 0.538. The summed E-state index contributed by atoms with van der Waals surface area (Å²) in [5.74, 6) is 0.587. The third-order valence-electron chi connectivity index (χ3n) is 2.51. The van der Waals surface area contributed by atoms with Gasteiger partial charge in [0, 0.05) is 10.1 Å². The summed E-state index contributed by atoms with van der Waals surface area (Å²) >= 11 is 1.76. The van der Waals surface area contributed by atoms with Crippen molar-refractivity contribution < 1.29 is 5.11 Å². The van der Waals surface area contributed by atoms with Gasteiger partial charge in [0.2, 0.25) is 0 Å². The molecule has 0 radical (unpaired) electrons. The Kier molecular flexibility index (Phi) is 5.20. The summed E-state index contributed by atoms with van der Waals surface area (Å²) in [5, 5.41) is 9.44. The van der Waals surface area contributed by atoms with Crippen molar-refractivity contribution in [2.24, 2.45) is 0 Å². The zero-order valence-corrected chi connectivity index (χ0v) is 10.6. The molecule has 0 saturated carbocycles. The molecule has 0 fully saturated rings. The average Bonchev–Trinajstić information content (AvgIpc) is 2.26. The first-order chi connectivity index (χ1) is 7.17. The van der Waals surface area contributed by atoms with Crippen LogP contribution >= 0.6 is 11.8 Å². The number of benzene rings is 1. The van der Waals surface area contributed by atoms with Gasteiger partial charge in [0.05, 0.1) is 6.61 Å². The molecule has 1 atom stereocenters. The van der Waals surface area contributed by atoms with Gasteiger partial charge in [0.1, 0.15) is 0 Å². The van der Waals surface area contributed by atoms with Gasteiger partial charge in [-0.05, 0) is 30.0 Å². The maximum Gasteiger partial charge on any atom is 0.0553 e. The second kappa shape index (κ2) is 6.19. The number of aliphatic hydroxyl groups excluding tert-OH is 1. The lowest BCUT2D eigenvalue weighted by Gasteiger charge is -2.12. The van der Waals surface area contributed by atoms with Crippen molar-refractivity contribution >= 4 is 11.8 Å². The lowest BCUT2D eigenvalue weighted by Crippen LogP contribution is -2.05. The third-order valence-corrected chi connectivity index (χ3v) is 3.87. The summed E-state index contributed by atoms with van der Waals surface area (Å²) in [6.07, 6.45) is 1.01. The van der Waals surface area contributed by atoms with Gasteiger partial charge in [-0.2, -0.15) is 0 Å². The number of rotatable bonds is 5. The Hall–Kier alpha value is -0.470. The minimum absolute atomic E-state index is 0.257. The molecule has 1 aromatic rings. The molecule has 0 amide bonds. The molecule has 1 unspecified atom stereocenters. The maximum atomic E-state index is 9.11. The minimum atomic E-state index is 0.257. The van der Waals surface area contributed by atoms with E-state index in [2.05, 4.69) is 45.0 Å². The lowest BCUT2D eigenvalue weighted by atomic mass is 10.0. The van der Waals surface area contributed by atoms with Crippen molar-refractivity contribution in [3.8, 4) is 0 Å². The molecule has 1 nitrogen and oxygen atoms in total. The first-order valence-electron chi connectivity index (χ1n) is 5.54. The van der Waals surface area contributed by atoms with E-state index < -0.39 is 0 Å². The zero-order chi connectivity index (χ0) is 11.3. The van der Waals surface area contributed by atoms with E-state index in [0.29, 0.717) is 11.2 Å². The molecule has 84 valence electrons. The molecule has 0 spiro atoms. The molecule has 0 heterocycles. The molecule has 0 bridgehead atoms. The van der Waals surface area contributed by atoms with Crippen LogP contribution in [0, 0.1) is 0 Å². The van der Waals surface area contributed by atoms with Crippen LogP contribution in [-0.2, 0) is 0 Å². The SMILES string of the molecule is CCC(CO)Sc1ccc(C(C)C)cc1. The molecule has 0 saturated heterocycles. The van der Waals surface area contributed by atoms with Crippen molar-refractivity contribution in [1.29, 1.82) is 0 Å². The van der Waals surface area contributed by atoms with Crippen molar-refractivity contribution in [2.45, 2.75) is 43.3 Å². The van der Waals surface area contributed by atoms with Gasteiger partial charge in [-0.3, -0.25) is 0 Å². The highest BCUT2D eigenvalue weighted by molar-refractivity contribution is 8.00. The Bertz CT molecular complexity index is 275. The normalized spacial score (nSPS) is 13.1. The summed E-state index contributed by atoms with van der Waals surface area (Å²) in [4.78, 5) is 1.25. The van der Waals surface area contributed by atoms with Crippen LogP contribution in [0.3, 0.4) is 0 Å². The Morgan fingerprint density at radius 3 is 2.20 bits per heavy atom. The zero-order valence-electron chi connectivity index (χ0n) is 9.73. The summed E-state index contributed by atoms with van der Waals surface area (Å²) in [6.45, 7) is 6.76. The molecule has 1 rings (SSSR count). The number of hydrogen-bond donors (Lipinski definition) is 1. The highest BCUT2D eigenvalue weighted by Gasteiger charge is 2.06. The predicted octanol–water partition coefficient (Wildman–Crippen LogP) is 3.67. The van der Waals surface area contributed by atoms with E-state index in [0.717, 1.165) is 6.42 Å². The van der Waals surface area contributed by atoms with Crippen molar-refractivity contribution in [2.75, 3.05) is 6.61 Å². The molecule has 0 aliphatic rings. The van der Waals surface area contributed by atoms with Gasteiger partial charge >= 0.3 is 0 Å². The van der Waals surface area contributed by atoms with Gasteiger partial charge in [0.15, 0.2) is 0 Å². The quantitative estimate of drug-likeness (QED) is 0.770. The van der Waals surface area contributed by atoms with Crippen molar-refractivity contribution in [1.82, 2.24) is 0 Å². The van der Waals surface area contributed by atoms with E-state index >= 15 is 0 Å². The van der Waals surface area contributed by atoms with E-state index in [1.165, 1.54) is 10.5 Å². The summed E-state index contributed by atoms with van der Waals surface area (Å²) in [6, 6.07) is 8.66. The van der Waals surface area contributed by atoms with E-state index in [1.807, 2.05) is 0 Å². The Morgan fingerprint density at radius 2 is 1.80 bits per heavy atom. The van der Waals surface area contributed by atoms with E-state index in [9.17, 15) is 0 Å². The fourth-order valence-corrected chi connectivity index (χ4v) is 2.29. The van der Waals surface area contributed by atoms with Crippen LogP contribution in [0.5, 0.6) is 0 Å². The van der Waals surface area contributed by atoms with Crippen molar-refractivity contribution in [3.63, 3.8) is 0 Å². The van der Waals surface area contributed by atoms with Crippen LogP contribution in [0.2, 0.25) is 0 Å². The van der Waals surface area contributed by atoms with Crippen LogP contribution in [-0.4, -0.2) is 17.0 Å². The van der Waals surface area contributed by atoms with Crippen molar-refractivity contribution in [3.05, 3.63) is 29.8 Å².